The van der Waals surface area contributed by atoms with E-state index in [4.69, 9.17) is 0 Å². The molecule has 0 aromatic heterocycles. The summed E-state index contributed by atoms with van der Waals surface area (Å²) >= 11 is 0. The number of benzene rings is 1. The van der Waals surface area contributed by atoms with Crippen LogP contribution in [0.5, 0.6) is 0 Å². The minimum Gasteiger partial charge on any atom is -0.334 e. The van der Waals surface area contributed by atoms with E-state index < -0.39 is 0 Å². The van der Waals surface area contributed by atoms with Crippen LogP contribution < -0.4 is 16.1 Å². The van der Waals surface area contributed by atoms with Gasteiger partial charge in [-0.1, -0.05) is 31.4 Å². The molecule has 22 heavy (non-hydrogen) atoms. The van der Waals surface area contributed by atoms with E-state index >= 15 is 0 Å². The molecule has 1 saturated carbocycles. The third-order valence-corrected chi connectivity index (χ3v) is 3.55. The van der Waals surface area contributed by atoms with Crippen LogP contribution in [0.15, 0.2) is 29.4 Å². The van der Waals surface area contributed by atoms with Gasteiger partial charge in [-0.3, -0.25) is 4.79 Å². The van der Waals surface area contributed by atoms with Gasteiger partial charge in [-0.25, -0.2) is 10.2 Å². The molecule has 1 fully saturated rings. The van der Waals surface area contributed by atoms with Gasteiger partial charge in [0.2, 0.25) is 5.91 Å². The Morgan fingerprint density at radius 1 is 1.14 bits per heavy atom. The van der Waals surface area contributed by atoms with Crippen molar-refractivity contribution >= 4 is 23.8 Å². The molecule has 0 saturated heterocycles. The molecule has 2 rings (SSSR count). The highest BCUT2D eigenvalue weighted by Crippen LogP contribution is 2.17. The van der Waals surface area contributed by atoms with Crippen LogP contribution in [0.4, 0.5) is 10.5 Å². The highest BCUT2D eigenvalue weighted by Gasteiger charge is 2.14. The number of amides is 3. The molecule has 0 heterocycles. The fourth-order valence-electron chi connectivity index (χ4n) is 2.49. The van der Waals surface area contributed by atoms with E-state index in [0.717, 1.165) is 24.1 Å². The molecule has 0 atom stereocenters. The van der Waals surface area contributed by atoms with Crippen LogP contribution in [0.1, 0.15) is 44.6 Å². The van der Waals surface area contributed by atoms with E-state index in [1.54, 1.807) is 18.3 Å². The van der Waals surface area contributed by atoms with Gasteiger partial charge in [-0.15, -0.1) is 0 Å². The van der Waals surface area contributed by atoms with Gasteiger partial charge in [0, 0.05) is 18.7 Å². The van der Waals surface area contributed by atoms with Crippen molar-refractivity contribution in [1.29, 1.82) is 0 Å². The Morgan fingerprint density at radius 2 is 1.82 bits per heavy atom. The number of carbonyl (C=O) groups excluding carboxylic acids is 2. The maximum absolute atomic E-state index is 11.7. The van der Waals surface area contributed by atoms with Crippen molar-refractivity contribution in [3.63, 3.8) is 0 Å². The quantitative estimate of drug-likeness (QED) is 0.590. The normalized spacial score (nSPS) is 15.5. The van der Waals surface area contributed by atoms with Crippen molar-refractivity contribution in [2.24, 2.45) is 5.10 Å². The number of urea groups is 1. The number of hydrogen-bond donors (Lipinski definition) is 3. The zero-order valence-corrected chi connectivity index (χ0v) is 12.8. The summed E-state index contributed by atoms with van der Waals surface area (Å²) in [5.41, 5.74) is 4.04. The number of nitrogens with one attached hydrogen (secondary N) is 3. The second-order valence-electron chi connectivity index (χ2n) is 5.48. The number of hydrazone groups is 1. The Kier molecular flexibility index (Phi) is 5.94. The van der Waals surface area contributed by atoms with Crippen LogP contribution in [0.3, 0.4) is 0 Å². The Hall–Kier alpha value is -2.37. The summed E-state index contributed by atoms with van der Waals surface area (Å²) in [7, 11) is 0. The lowest BCUT2D eigenvalue weighted by Gasteiger charge is -2.22. The molecule has 0 unspecified atom stereocenters. The van der Waals surface area contributed by atoms with Crippen molar-refractivity contribution in [2.45, 2.75) is 45.1 Å². The molecule has 6 nitrogen and oxygen atoms in total. The van der Waals surface area contributed by atoms with E-state index in [0.29, 0.717) is 0 Å². The first-order chi connectivity index (χ1) is 10.6. The number of anilines is 1. The highest BCUT2D eigenvalue weighted by atomic mass is 16.2. The van der Waals surface area contributed by atoms with Crippen molar-refractivity contribution in [2.75, 3.05) is 5.32 Å². The van der Waals surface area contributed by atoms with Crippen LogP contribution in [0.2, 0.25) is 0 Å². The third-order valence-electron chi connectivity index (χ3n) is 3.55. The minimum atomic E-state index is -0.266. The van der Waals surface area contributed by atoms with Gasteiger partial charge in [0.15, 0.2) is 0 Å². The first kappa shape index (κ1) is 16.0. The molecule has 0 radical (unpaired) electrons. The molecule has 118 valence electrons. The summed E-state index contributed by atoms with van der Waals surface area (Å²) in [5.74, 6) is -0.109. The number of rotatable bonds is 4. The SMILES string of the molecule is CC(=O)Nc1ccc(C=NNC(=O)NC2CCCCC2)cc1. The zero-order valence-electron chi connectivity index (χ0n) is 12.8. The van der Waals surface area contributed by atoms with E-state index in [1.165, 1.54) is 26.2 Å². The monoisotopic (exact) mass is 302 g/mol. The first-order valence-corrected chi connectivity index (χ1v) is 7.61. The molecule has 6 heteroatoms. The average Bonchev–Trinajstić information content (AvgIpc) is 2.49. The Morgan fingerprint density at radius 3 is 2.45 bits per heavy atom. The largest absolute Gasteiger partial charge is 0.335 e. The summed E-state index contributed by atoms with van der Waals surface area (Å²) in [6.45, 7) is 1.46. The van der Waals surface area contributed by atoms with Gasteiger partial charge in [-0.05, 0) is 30.5 Å². The summed E-state index contributed by atoms with van der Waals surface area (Å²) in [4.78, 5) is 22.6. The molecule has 1 aromatic rings. The van der Waals surface area contributed by atoms with Gasteiger partial charge in [0.25, 0.3) is 0 Å². The van der Waals surface area contributed by atoms with Crippen LogP contribution in [-0.4, -0.2) is 24.2 Å². The number of hydrogen-bond acceptors (Lipinski definition) is 3. The lowest BCUT2D eigenvalue weighted by Crippen LogP contribution is -2.41. The topological polar surface area (TPSA) is 82.6 Å². The van der Waals surface area contributed by atoms with Gasteiger partial charge in [0.1, 0.15) is 0 Å². The summed E-state index contributed by atoms with van der Waals surface area (Å²) in [6, 6.07) is 7.19. The van der Waals surface area contributed by atoms with Crippen LogP contribution in [0, 0.1) is 0 Å². The zero-order chi connectivity index (χ0) is 15.8. The Balaban J connectivity index is 1.76. The summed E-state index contributed by atoms with van der Waals surface area (Å²) in [5, 5.41) is 9.54. The minimum absolute atomic E-state index is 0.109. The van der Waals surface area contributed by atoms with Crippen molar-refractivity contribution in [1.82, 2.24) is 10.7 Å². The van der Waals surface area contributed by atoms with Crippen LogP contribution in [0.25, 0.3) is 0 Å². The molecule has 1 aliphatic rings. The van der Waals surface area contributed by atoms with Crippen LogP contribution in [-0.2, 0) is 4.79 Å². The predicted molar refractivity (Wildman–Crippen MR) is 86.9 cm³/mol. The smallest absolute Gasteiger partial charge is 0.334 e. The lowest BCUT2D eigenvalue weighted by atomic mass is 9.96. The second kappa shape index (κ2) is 8.17. The molecular formula is C16H22N4O2. The Labute approximate surface area is 130 Å². The maximum atomic E-state index is 11.7. The van der Waals surface area contributed by atoms with Gasteiger partial charge < -0.3 is 10.6 Å². The standard InChI is InChI=1S/C16H22N4O2/c1-12(21)18-15-9-7-13(8-10-15)11-17-20-16(22)19-14-5-3-2-4-6-14/h7-11,14H,2-6H2,1H3,(H,18,21)(H2,19,20,22). The van der Waals surface area contributed by atoms with Crippen molar-refractivity contribution in [3.05, 3.63) is 29.8 Å². The van der Waals surface area contributed by atoms with Gasteiger partial charge in [0.05, 0.1) is 6.21 Å². The van der Waals surface area contributed by atoms with Crippen LogP contribution >= 0.6 is 0 Å². The van der Waals surface area contributed by atoms with E-state index in [1.807, 2.05) is 12.1 Å². The van der Waals surface area contributed by atoms with Gasteiger partial charge in [-0.2, -0.15) is 5.10 Å². The Bertz CT molecular complexity index is 534. The molecule has 1 aromatic carbocycles. The molecule has 0 spiro atoms. The fourth-order valence-corrected chi connectivity index (χ4v) is 2.49. The molecule has 3 N–H and O–H groups in total. The molecular weight excluding hydrogens is 280 g/mol. The maximum Gasteiger partial charge on any atom is 0.335 e. The summed E-state index contributed by atoms with van der Waals surface area (Å²) < 4.78 is 0. The van der Waals surface area contributed by atoms with Crippen molar-refractivity contribution in [3.8, 4) is 0 Å². The van der Waals surface area contributed by atoms with E-state index in [-0.39, 0.29) is 18.0 Å². The highest BCUT2D eigenvalue weighted by molar-refractivity contribution is 5.89. The lowest BCUT2D eigenvalue weighted by molar-refractivity contribution is -0.114. The molecule has 3 amide bonds. The first-order valence-electron chi connectivity index (χ1n) is 7.61. The summed E-state index contributed by atoms with van der Waals surface area (Å²) in [6.07, 6.45) is 7.26. The van der Waals surface area contributed by atoms with E-state index in [2.05, 4.69) is 21.2 Å². The fraction of sp³-hybridized carbons (Fsp3) is 0.438. The number of nitrogens with zero attached hydrogens (tertiary/aromatic N) is 1. The second-order valence-corrected chi connectivity index (χ2v) is 5.48. The average molecular weight is 302 g/mol. The molecule has 1 aliphatic carbocycles. The molecule has 0 aliphatic heterocycles. The van der Waals surface area contributed by atoms with E-state index in [9.17, 15) is 9.59 Å². The third kappa shape index (κ3) is 5.55. The van der Waals surface area contributed by atoms with Gasteiger partial charge >= 0.3 is 6.03 Å². The predicted octanol–water partition coefficient (Wildman–Crippen LogP) is 2.61. The number of carbonyl (C=O) groups is 2. The van der Waals surface area contributed by atoms with Crippen molar-refractivity contribution < 1.29 is 9.59 Å². The molecule has 0 bridgehead atoms.